The van der Waals surface area contributed by atoms with Crippen LogP contribution in [0.4, 0.5) is 0 Å². The molecule has 0 saturated heterocycles. The Labute approximate surface area is 71.4 Å². The average molecular weight is 154 g/mol. The van der Waals surface area contributed by atoms with Gasteiger partial charge < -0.3 is 0 Å². The lowest BCUT2D eigenvalue weighted by Crippen LogP contribution is -2.11. The lowest BCUT2D eigenvalue weighted by atomic mass is 9.81. The Bertz CT molecular complexity index is 85.5. The van der Waals surface area contributed by atoms with Gasteiger partial charge in [0.1, 0.15) is 0 Å². The smallest absolute Gasteiger partial charge is 0.0414 e. The standard InChI is InChI=1S/C11H22/c1-3-4-5-11-8-6-10(2)7-9-11/h10-11H,3-9H2,1-2H3/t10-,11-. The van der Waals surface area contributed by atoms with Gasteiger partial charge in [-0.1, -0.05) is 58.8 Å². The molecule has 0 aromatic carbocycles. The normalized spacial score (nSPS) is 32.2. The van der Waals surface area contributed by atoms with Gasteiger partial charge in [0.05, 0.1) is 0 Å². The van der Waals surface area contributed by atoms with Gasteiger partial charge in [-0.3, -0.25) is 0 Å². The maximum absolute atomic E-state index is 2.40. The predicted molar refractivity (Wildman–Crippen MR) is 50.6 cm³/mol. The van der Waals surface area contributed by atoms with Crippen molar-refractivity contribution in [1.82, 2.24) is 0 Å². The Morgan fingerprint density at radius 3 is 2.27 bits per heavy atom. The molecule has 0 spiro atoms. The molecule has 11 heavy (non-hydrogen) atoms. The summed E-state index contributed by atoms with van der Waals surface area (Å²) in [6.45, 7) is 4.70. The van der Waals surface area contributed by atoms with Crippen LogP contribution in [0.25, 0.3) is 0 Å². The van der Waals surface area contributed by atoms with Crippen molar-refractivity contribution < 1.29 is 0 Å². The maximum Gasteiger partial charge on any atom is -0.0414 e. The van der Waals surface area contributed by atoms with Gasteiger partial charge in [0.25, 0.3) is 0 Å². The Balaban J connectivity index is 2.07. The fourth-order valence-electron chi connectivity index (χ4n) is 2.11. The fourth-order valence-corrected chi connectivity index (χ4v) is 2.11. The van der Waals surface area contributed by atoms with E-state index in [0.29, 0.717) is 0 Å². The summed E-state index contributed by atoms with van der Waals surface area (Å²) >= 11 is 0. The van der Waals surface area contributed by atoms with E-state index in [4.69, 9.17) is 0 Å². The second-order valence-corrected chi connectivity index (χ2v) is 4.27. The largest absolute Gasteiger partial charge is 0.0654 e. The molecule has 0 bridgehead atoms. The molecular formula is C11H22. The van der Waals surface area contributed by atoms with Crippen LogP contribution >= 0.6 is 0 Å². The van der Waals surface area contributed by atoms with E-state index in [9.17, 15) is 0 Å². The van der Waals surface area contributed by atoms with Crippen molar-refractivity contribution in [2.45, 2.75) is 58.8 Å². The topological polar surface area (TPSA) is 0 Å². The van der Waals surface area contributed by atoms with Gasteiger partial charge in [0, 0.05) is 0 Å². The van der Waals surface area contributed by atoms with Gasteiger partial charge >= 0.3 is 0 Å². The van der Waals surface area contributed by atoms with Crippen molar-refractivity contribution in [3.05, 3.63) is 0 Å². The minimum atomic E-state index is 1.02. The highest BCUT2D eigenvalue weighted by Crippen LogP contribution is 2.31. The van der Waals surface area contributed by atoms with Crippen molar-refractivity contribution in [2.75, 3.05) is 0 Å². The third-order valence-electron chi connectivity index (χ3n) is 3.10. The molecule has 0 radical (unpaired) electrons. The Kier molecular flexibility index (Phi) is 3.96. The molecule has 0 nitrogen and oxygen atoms in total. The summed E-state index contributed by atoms with van der Waals surface area (Å²) in [6, 6.07) is 0. The van der Waals surface area contributed by atoms with E-state index in [1.165, 1.54) is 44.9 Å². The molecule has 0 unspecified atom stereocenters. The third kappa shape index (κ3) is 3.27. The van der Waals surface area contributed by atoms with Gasteiger partial charge in [0.15, 0.2) is 0 Å². The van der Waals surface area contributed by atoms with E-state index in [1.54, 1.807) is 0 Å². The summed E-state index contributed by atoms with van der Waals surface area (Å²) in [7, 11) is 0. The second-order valence-electron chi connectivity index (χ2n) is 4.27. The zero-order valence-electron chi connectivity index (χ0n) is 8.10. The molecule has 1 aliphatic carbocycles. The molecule has 0 aliphatic heterocycles. The van der Waals surface area contributed by atoms with Crippen molar-refractivity contribution in [2.24, 2.45) is 11.8 Å². The molecule has 0 heterocycles. The zero-order valence-corrected chi connectivity index (χ0v) is 8.10. The average Bonchev–Trinajstić information content (AvgIpc) is 2.04. The molecule has 1 aliphatic rings. The van der Waals surface area contributed by atoms with Gasteiger partial charge in [-0.05, 0) is 11.8 Å². The number of unbranched alkanes of at least 4 members (excludes halogenated alkanes) is 1. The number of hydrogen-bond acceptors (Lipinski definition) is 0. The Morgan fingerprint density at radius 2 is 1.73 bits per heavy atom. The van der Waals surface area contributed by atoms with Crippen LogP contribution in [0.15, 0.2) is 0 Å². The Hall–Kier alpha value is 0. The van der Waals surface area contributed by atoms with E-state index >= 15 is 0 Å². The van der Waals surface area contributed by atoms with E-state index in [2.05, 4.69) is 13.8 Å². The lowest BCUT2D eigenvalue weighted by molar-refractivity contribution is 0.273. The second kappa shape index (κ2) is 4.79. The molecule has 1 fully saturated rings. The summed E-state index contributed by atoms with van der Waals surface area (Å²) < 4.78 is 0. The first kappa shape index (κ1) is 9.09. The van der Waals surface area contributed by atoms with Gasteiger partial charge in [0.2, 0.25) is 0 Å². The van der Waals surface area contributed by atoms with E-state index in [0.717, 1.165) is 11.8 Å². The van der Waals surface area contributed by atoms with Crippen LogP contribution in [0.2, 0.25) is 0 Å². The highest BCUT2D eigenvalue weighted by molar-refractivity contribution is 4.69. The van der Waals surface area contributed by atoms with E-state index in [-0.39, 0.29) is 0 Å². The summed E-state index contributed by atoms with van der Waals surface area (Å²) in [5, 5.41) is 0. The van der Waals surface area contributed by atoms with Crippen LogP contribution in [0, 0.1) is 11.8 Å². The van der Waals surface area contributed by atoms with Crippen LogP contribution in [-0.4, -0.2) is 0 Å². The molecule has 0 N–H and O–H groups in total. The van der Waals surface area contributed by atoms with Crippen LogP contribution in [0.1, 0.15) is 58.8 Å². The third-order valence-corrected chi connectivity index (χ3v) is 3.10. The fraction of sp³-hybridized carbons (Fsp3) is 1.00. The summed E-state index contributed by atoms with van der Waals surface area (Å²) in [4.78, 5) is 0. The van der Waals surface area contributed by atoms with E-state index in [1.807, 2.05) is 0 Å². The summed E-state index contributed by atoms with van der Waals surface area (Å²) in [5.41, 5.74) is 0. The molecular weight excluding hydrogens is 132 g/mol. The predicted octanol–water partition coefficient (Wildman–Crippen LogP) is 4.00. The molecule has 1 saturated carbocycles. The summed E-state index contributed by atoms with van der Waals surface area (Å²) in [5.74, 6) is 2.11. The first-order chi connectivity index (χ1) is 5.33. The van der Waals surface area contributed by atoms with Crippen molar-refractivity contribution in [3.8, 4) is 0 Å². The maximum atomic E-state index is 2.40. The SMILES string of the molecule is CCCC[C@H]1CC[C@H](C)CC1. The monoisotopic (exact) mass is 154 g/mol. The van der Waals surface area contributed by atoms with Crippen LogP contribution < -0.4 is 0 Å². The minimum absolute atomic E-state index is 1.02. The molecule has 0 heteroatoms. The quantitative estimate of drug-likeness (QED) is 0.576. The van der Waals surface area contributed by atoms with Crippen LogP contribution in [-0.2, 0) is 0 Å². The lowest BCUT2D eigenvalue weighted by Gasteiger charge is -2.25. The molecule has 0 amide bonds. The van der Waals surface area contributed by atoms with E-state index < -0.39 is 0 Å². The highest BCUT2D eigenvalue weighted by Gasteiger charge is 2.16. The van der Waals surface area contributed by atoms with Gasteiger partial charge in [-0.15, -0.1) is 0 Å². The minimum Gasteiger partial charge on any atom is -0.0654 e. The Morgan fingerprint density at radius 1 is 1.09 bits per heavy atom. The molecule has 0 aromatic rings. The highest BCUT2D eigenvalue weighted by atomic mass is 14.2. The zero-order chi connectivity index (χ0) is 8.10. The number of hydrogen-bond donors (Lipinski definition) is 0. The van der Waals surface area contributed by atoms with Crippen LogP contribution in [0.5, 0.6) is 0 Å². The van der Waals surface area contributed by atoms with Crippen LogP contribution in [0.3, 0.4) is 0 Å². The first-order valence-corrected chi connectivity index (χ1v) is 5.33. The molecule has 66 valence electrons. The van der Waals surface area contributed by atoms with Crippen molar-refractivity contribution in [3.63, 3.8) is 0 Å². The molecule has 1 rings (SSSR count). The van der Waals surface area contributed by atoms with Gasteiger partial charge in [-0.25, -0.2) is 0 Å². The number of rotatable bonds is 3. The van der Waals surface area contributed by atoms with Crippen molar-refractivity contribution in [1.29, 1.82) is 0 Å². The first-order valence-electron chi connectivity index (χ1n) is 5.33. The molecule has 0 atom stereocenters. The summed E-state index contributed by atoms with van der Waals surface area (Å²) in [6.07, 6.45) is 10.4. The van der Waals surface area contributed by atoms with Crippen molar-refractivity contribution >= 4 is 0 Å². The molecule has 0 aromatic heterocycles. The van der Waals surface area contributed by atoms with Gasteiger partial charge in [-0.2, -0.15) is 0 Å².